The minimum Gasteiger partial charge on any atom is -0.467 e. The Morgan fingerprint density at radius 1 is 0.900 bits per heavy atom. The predicted octanol–water partition coefficient (Wildman–Crippen LogP) is 1.95. The summed E-state index contributed by atoms with van der Waals surface area (Å²) in [6, 6.07) is 10.2. The summed E-state index contributed by atoms with van der Waals surface area (Å²) in [5.74, 6) is 0. The van der Waals surface area contributed by atoms with E-state index in [1.165, 1.54) is 7.11 Å². The summed E-state index contributed by atoms with van der Waals surface area (Å²) in [4.78, 5) is 9.76. The molecule has 0 bridgehead atoms. The first-order valence-electron chi connectivity index (χ1n) is 6.11. The lowest BCUT2D eigenvalue weighted by atomic mass is 10.1. The smallest absolute Gasteiger partial charge is 0.316 e. The van der Waals surface area contributed by atoms with E-state index in [1.807, 2.05) is 30.3 Å². The summed E-state index contributed by atoms with van der Waals surface area (Å²) in [6.45, 7) is 0. The number of rotatable bonds is 3. The topological polar surface area (TPSA) is 65.7 Å². The van der Waals surface area contributed by atoms with Crippen molar-refractivity contribution in [1.82, 2.24) is 25.0 Å². The first kappa shape index (κ1) is 12.3. The van der Waals surface area contributed by atoms with Gasteiger partial charge < -0.3 is 4.74 Å². The molecule has 0 aliphatic heterocycles. The van der Waals surface area contributed by atoms with Crippen molar-refractivity contribution in [2.75, 3.05) is 7.11 Å². The molecule has 0 unspecified atom stereocenters. The summed E-state index contributed by atoms with van der Waals surface area (Å²) >= 11 is 0. The Hall–Kier alpha value is -2.76. The van der Waals surface area contributed by atoms with Gasteiger partial charge in [0.2, 0.25) is 0 Å². The van der Waals surface area contributed by atoms with Crippen LogP contribution in [0.2, 0.25) is 0 Å². The highest BCUT2D eigenvalue weighted by atomic mass is 16.5. The number of hydrogen-bond donors (Lipinski definition) is 0. The molecule has 0 N–H and O–H groups in total. The minimum absolute atomic E-state index is 0.332. The van der Waals surface area contributed by atoms with Gasteiger partial charge in [0.15, 0.2) is 0 Å². The van der Waals surface area contributed by atoms with Gasteiger partial charge in [-0.2, -0.15) is 15.0 Å². The van der Waals surface area contributed by atoms with E-state index >= 15 is 0 Å². The summed E-state index contributed by atoms with van der Waals surface area (Å²) in [5, 5.41) is 8.82. The molecule has 0 saturated heterocycles. The molecule has 1 aromatic carbocycles. The molecule has 3 aromatic rings. The highest BCUT2D eigenvalue weighted by Crippen LogP contribution is 2.27. The summed E-state index contributed by atoms with van der Waals surface area (Å²) in [6.07, 6.45) is 3.37. The minimum atomic E-state index is 0.332. The maximum absolute atomic E-state index is 4.96. The molecular weight excluding hydrogens is 254 g/mol. The second kappa shape index (κ2) is 5.08. The Labute approximate surface area is 116 Å². The molecule has 6 heteroatoms. The maximum atomic E-state index is 4.96. The summed E-state index contributed by atoms with van der Waals surface area (Å²) in [5.41, 5.74) is 3.37. The third-order valence-electron chi connectivity index (χ3n) is 2.85. The second-order valence-corrected chi connectivity index (χ2v) is 4.21. The van der Waals surface area contributed by atoms with Gasteiger partial charge in [-0.05, 0) is 0 Å². The van der Waals surface area contributed by atoms with Gasteiger partial charge in [0.05, 0.1) is 7.11 Å². The van der Waals surface area contributed by atoms with Crippen molar-refractivity contribution in [3.63, 3.8) is 0 Å². The van der Waals surface area contributed by atoms with Crippen LogP contribution in [0.25, 0.3) is 22.5 Å². The lowest BCUT2D eigenvalue weighted by molar-refractivity contribution is 0.380. The molecule has 0 radical (unpaired) electrons. The zero-order chi connectivity index (χ0) is 13.9. The molecule has 0 atom stereocenters. The Bertz CT molecular complexity index is 706. The average molecular weight is 267 g/mol. The number of ether oxygens (including phenoxy) is 1. The molecular formula is C14H13N5O. The zero-order valence-electron chi connectivity index (χ0n) is 11.2. The van der Waals surface area contributed by atoms with Crippen LogP contribution >= 0.6 is 0 Å². The Balaban J connectivity index is 2.09. The Morgan fingerprint density at radius 2 is 1.50 bits per heavy atom. The normalized spacial score (nSPS) is 10.5. The second-order valence-electron chi connectivity index (χ2n) is 4.21. The lowest BCUT2D eigenvalue weighted by Gasteiger charge is -2.01. The SMILES string of the molecule is COc1ncc(-c2nn(C)nc2-c2ccccc2)cn1. The fourth-order valence-corrected chi connectivity index (χ4v) is 1.94. The maximum Gasteiger partial charge on any atom is 0.316 e. The summed E-state index contributed by atoms with van der Waals surface area (Å²) in [7, 11) is 3.33. The number of hydrogen-bond acceptors (Lipinski definition) is 5. The summed E-state index contributed by atoms with van der Waals surface area (Å²) < 4.78 is 4.96. The van der Waals surface area contributed by atoms with Crippen molar-refractivity contribution in [1.29, 1.82) is 0 Å². The zero-order valence-corrected chi connectivity index (χ0v) is 11.2. The van der Waals surface area contributed by atoms with Crippen LogP contribution in [0.5, 0.6) is 6.01 Å². The highest BCUT2D eigenvalue weighted by Gasteiger charge is 2.14. The molecule has 2 heterocycles. The third kappa shape index (κ3) is 2.23. The van der Waals surface area contributed by atoms with Gasteiger partial charge >= 0.3 is 6.01 Å². The van der Waals surface area contributed by atoms with Crippen LogP contribution in [0.1, 0.15) is 0 Å². The van der Waals surface area contributed by atoms with Gasteiger partial charge in [0.25, 0.3) is 0 Å². The van der Waals surface area contributed by atoms with Crippen LogP contribution in [0.15, 0.2) is 42.7 Å². The monoisotopic (exact) mass is 267 g/mol. The van der Waals surface area contributed by atoms with Gasteiger partial charge in [0.1, 0.15) is 11.4 Å². The van der Waals surface area contributed by atoms with E-state index in [0.29, 0.717) is 6.01 Å². The van der Waals surface area contributed by atoms with Crippen LogP contribution in [0.3, 0.4) is 0 Å². The fourth-order valence-electron chi connectivity index (χ4n) is 1.94. The van der Waals surface area contributed by atoms with Crippen LogP contribution < -0.4 is 4.74 Å². The molecule has 6 nitrogen and oxygen atoms in total. The first-order chi connectivity index (χ1) is 9.78. The van der Waals surface area contributed by atoms with Gasteiger partial charge in [-0.3, -0.25) is 0 Å². The van der Waals surface area contributed by atoms with Gasteiger partial charge in [-0.1, -0.05) is 30.3 Å². The van der Waals surface area contributed by atoms with Crippen molar-refractivity contribution in [3.8, 4) is 28.5 Å². The number of aryl methyl sites for hydroxylation is 1. The van der Waals surface area contributed by atoms with Crippen molar-refractivity contribution >= 4 is 0 Å². The Kier molecular flexibility index (Phi) is 3.12. The fraction of sp³-hybridized carbons (Fsp3) is 0.143. The molecule has 3 rings (SSSR count). The Morgan fingerprint density at radius 3 is 2.10 bits per heavy atom. The molecule has 0 fully saturated rings. The molecule has 0 aliphatic carbocycles. The van der Waals surface area contributed by atoms with Crippen molar-refractivity contribution in [3.05, 3.63) is 42.7 Å². The number of nitrogens with zero attached hydrogens (tertiary/aromatic N) is 5. The number of aromatic nitrogens is 5. The van der Waals surface area contributed by atoms with Crippen LogP contribution in [0, 0.1) is 0 Å². The van der Waals surface area contributed by atoms with Crippen LogP contribution in [-0.4, -0.2) is 32.1 Å². The van der Waals surface area contributed by atoms with E-state index in [2.05, 4.69) is 20.2 Å². The van der Waals surface area contributed by atoms with Gasteiger partial charge in [0, 0.05) is 30.6 Å². The molecule has 0 amide bonds. The lowest BCUT2D eigenvalue weighted by Crippen LogP contribution is -1.93. The highest BCUT2D eigenvalue weighted by molar-refractivity contribution is 5.76. The first-order valence-corrected chi connectivity index (χ1v) is 6.11. The number of methoxy groups -OCH3 is 1. The largest absolute Gasteiger partial charge is 0.467 e. The molecule has 2 aromatic heterocycles. The molecule has 0 spiro atoms. The van der Waals surface area contributed by atoms with E-state index in [9.17, 15) is 0 Å². The van der Waals surface area contributed by atoms with E-state index in [4.69, 9.17) is 4.74 Å². The van der Waals surface area contributed by atoms with Crippen molar-refractivity contribution in [2.24, 2.45) is 7.05 Å². The van der Waals surface area contributed by atoms with E-state index < -0.39 is 0 Å². The molecule has 0 saturated carbocycles. The molecule has 0 aliphatic rings. The molecule has 20 heavy (non-hydrogen) atoms. The van der Waals surface area contributed by atoms with Crippen LogP contribution in [0.4, 0.5) is 0 Å². The van der Waals surface area contributed by atoms with E-state index in [1.54, 1.807) is 24.2 Å². The van der Waals surface area contributed by atoms with E-state index in [0.717, 1.165) is 22.5 Å². The average Bonchev–Trinajstić information content (AvgIpc) is 2.90. The van der Waals surface area contributed by atoms with Crippen molar-refractivity contribution in [2.45, 2.75) is 0 Å². The molecule has 100 valence electrons. The van der Waals surface area contributed by atoms with Crippen LogP contribution in [-0.2, 0) is 7.05 Å². The predicted molar refractivity (Wildman–Crippen MR) is 74.0 cm³/mol. The van der Waals surface area contributed by atoms with Gasteiger partial charge in [-0.15, -0.1) is 0 Å². The van der Waals surface area contributed by atoms with E-state index in [-0.39, 0.29) is 0 Å². The standard InChI is InChI=1S/C14H13N5O/c1-19-17-12(10-6-4-3-5-7-10)13(18-19)11-8-15-14(20-2)16-9-11/h3-9H,1-2H3. The quantitative estimate of drug-likeness (QED) is 0.725. The van der Waals surface area contributed by atoms with Crippen molar-refractivity contribution < 1.29 is 4.74 Å². The number of benzene rings is 1. The van der Waals surface area contributed by atoms with Gasteiger partial charge in [-0.25, -0.2) is 9.97 Å². The third-order valence-corrected chi connectivity index (χ3v) is 2.85.